The van der Waals surface area contributed by atoms with Crippen LogP contribution in [0.5, 0.6) is 0 Å². The highest BCUT2D eigenvalue weighted by atomic mass is 79.9. The second kappa shape index (κ2) is 5.43. The highest BCUT2D eigenvalue weighted by molar-refractivity contribution is 9.10. The zero-order chi connectivity index (χ0) is 15.3. The van der Waals surface area contributed by atoms with Crippen molar-refractivity contribution in [2.24, 2.45) is 5.92 Å². The molecule has 112 valence electrons. The summed E-state index contributed by atoms with van der Waals surface area (Å²) in [5.41, 5.74) is 5.08. The zero-order valence-electron chi connectivity index (χ0n) is 12.3. The van der Waals surface area contributed by atoms with Gasteiger partial charge in [0.1, 0.15) is 0 Å². The zero-order valence-corrected chi connectivity index (χ0v) is 14.7. The molecule has 2 aliphatic rings. The molecule has 1 N–H and O–H groups in total. The maximum atomic E-state index is 6.34. The lowest BCUT2D eigenvalue weighted by atomic mass is 9.76. The third-order valence-electron chi connectivity index (χ3n) is 4.94. The number of anilines is 1. The Morgan fingerprint density at radius 1 is 1.23 bits per heavy atom. The van der Waals surface area contributed by atoms with Crippen molar-refractivity contribution in [1.29, 1.82) is 0 Å². The van der Waals surface area contributed by atoms with Crippen molar-refractivity contribution in [1.82, 2.24) is 0 Å². The van der Waals surface area contributed by atoms with Gasteiger partial charge >= 0.3 is 0 Å². The molecule has 0 saturated heterocycles. The van der Waals surface area contributed by atoms with Crippen molar-refractivity contribution in [3.63, 3.8) is 0 Å². The van der Waals surface area contributed by atoms with Gasteiger partial charge in [0.05, 0.1) is 6.04 Å². The fraction of sp³-hybridized carbons (Fsp3) is 0.263. The van der Waals surface area contributed by atoms with Gasteiger partial charge in [0, 0.05) is 21.1 Å². The fourth-order valence-corrected chi connectivity index (χ4v) is 4.39. The number of nitrogens with one attached hydrogen (secondary N) is 1. The van der Waals surface area contributed by atoms with Crippen LogP contribution in [0.15, 0.2) is 53.0 Å². The summed E-state index contributed by atoms with van der Waals surface area (Å²) < 4.78 is 1.13. The molecule has 2 aromatic carbocycles. The van der Waals surface area contributed by atoms with E-state index in [2.05, 4.69) is 70.7 Å². The van der Waals surface area contributed by atoms with Crippen LogP contribution in [0, 0.1) is 12.8 Å². The first-order chi connectivity index (χ1) is 10.6. The minimum Gasteiger partial charge on any atom is -0.377 e. The molecule has 2 aromatic rings. The van der Waals surface area contributed by atoms with E-state index >= 15 is 0 Å². The third-order valence-corrected chi connectivity index (χ3v) is 5.84. The Morgan fingerprint density at radius 3 is 2.91 bits per heavy atom. The first kappa shape index (κ1) is 14.3. The maximum absolute atomic E-state index is 6.34. The van der Waals surface area contributed by atoms with Gasteiger partial charge < -0.3 is 5.32 Å². The molecule has 0 spiro atoms. The molecule has 1 aliphatic carbocycles. The van der Waals surface area contributed by atoms with E-state index in [9.17, 15) is 0 Å². The Labute approximate surface area is 144 Å². The smallest absolute Gasteiger partial charge is 0.0554 e. The molecule has 0 fully saturated rings. The summed E-state index contributed by atoms with van der Waals surface area (Å²) in [6.07, 6.45) is 5.81. The Kier molecular flexibility index (Phi) is 3.54. The summed E-state index contributed by atoms with van der Waals surface area (Å²) >= 11 is 9.94. The highest BCUT2D eigenvalue weighted by Crippen LogP contribution is 2.51. The van der Waals surface area contributed by atoms with Crippen LogP contribution in [-0.4, -0.2) is 0 Å². The molecule has 3 atom stereocenters. The van der Waals surface area contributed by atoms with Crippen LogP contribution in [0.4, 0.5) is 5.69 Å². The fourth-order valence-electron chi connectivity index (χ4n) is 3.82. The van der Waals surface area contributed by atoms with Crippen LogP contribution in [0.2, 0.25) is 5.02 Å². The van der Waals surface area contributed by atoms with Crippen molar-refractivity contribution in [3.8, 4) is 0 Å². The van der Waals surface area contributed by atoms with Gasteiger partial charge in [-0.1, -0.05) is 57.9 Å². The highest BCUT2D eigenvalue weighted by Gasteiger charge is 2.38. The summed E-state index contributed by atoms with van der Waals surface area (Å²) in [7, 11) is 0. The normalized spacial score (nSPS) is 25.5. The van der Waals surface area contributed by atoms with Crippen molar-refractivity contribution in [3.05, 3.63) is 74.7 Å². The van der Waals surface area contributed by atoms with Crippen LogP contribution < -0.4 is 5.32 Å². The molecule has 0 radical (unpaired) electrons. The van der Waals surface area contributed by atoms with E-state index in [1.165, 1.54) is 16.8 Å². The third kappa shape index (κ3) is 2.21. The topological polar surface area (TPSA) is 12.0 Å². The predicted molar refractivity (Wildman–Crippen MR) is 96.7 cm³/mol. The maximum Gasteiger partial charge on any atom is 0.0554 e. The second-order valence-corrected chi connectivity index (χ2v) is 7.49. The van der Waals surface area contributed by atoms with Crippen LogP contribution >= 0.6 is 27.5 Å². The Bertz CT molecular complexity index is 768. The number of hydrogen-bond acceptors (Lipinski definition) is 1. The standard InChI is InChI=1S/C19H17BrClN/c1-11-17(21)9-8-16-14-6-3-7-15(14)19(22-18(11)16)12-4-2-5-13(20)10-12/h2-6,8-10,14-15,19,22H,7H2,1H3/t14-,15+,19-/m1/s1. The lowest BCUT2D eigenvalue weighted by Crippen LogP contribution is -2.29. The number of rotatable bonds is 1. The average molecular weight is 375 g/mol. The average Bonchev–Trinajstić information content (AvgIpc) is 3.00. The van der Waals surface area contributed by atoms with Gasteiger partial charge in [-0.3, -0.25) is 0 Å². The quantitative estimate of drug-likeness (QED) is 0.583. The number of hydrogen-bond donors (Lipinski definition) is 1. The predicted octanol–water partition coefficient (Wildman–Crippen LogP) is 6.24. The molecule has 0 bridgehead atoms. The van der Waals surface area contributed by atoms with E-state index in [0.717, 1.165) is 21.5 Å². The Hall–Kier alpha value is -1.25. The molecule has 4 rings (SSSR count). The second-order valence-electron chi connectivity index (χ2n) is 6.17. The summed E-state index contributed by atoms with van der Waals surface area (Å²) in [5, 5.41) is 4.61. The van der Waals surface area contributed by atoms with E-state index in [1.807, 2.05) is 6.07 Å². The number of fused-ring (bicyclic) bond motifs is 3. The molecule has 0 saturated carbocycles. The summed E-state index contributed by atoms with van der Waals surface area (Å²) in [6, 6.07) is 13.1. The summed E-state index contributed by atoms with van der Waals surface area (Å²) in [6.45, 7) is 2.10. The van der Waals surface area contributed by atoms with Gasteiger partial charge in [-0.05, 0) is 54.2 Å². The van der Waals surface area contributed by atoms with E-state index < -0.39 is 0 Å². The first-order valence-electron chi connectivity index (χ1n) is 7.63. The molecule has 1 nitrogen and oxygen atoms in total. The lowest BCUT2D eigenvalue weighted by molar-refractivity contribution is 0.425. The van der Waals surface area contributed by atoms with Gasteiger partial charge in [0.2, 0.25) is 0 Å². The minimum atomic E-state index is 0.321. The van der Waals surface area contributed by atoms with E-state index in [0.29, 0.717) is 17.9 Å². The van der Waals surface area contributed by atoms with E-state index in [4.69, 9.17) is 11.6 Å². The molecule has 22 heavy (non-hydrogen) atoms. The molecule has 1 aliphatic heterocycles. The number of benzene rings is 2. The number of allylic oxidation sites excluding steroid dienone is 2. The van der Waals surface area contributed by atoms with Crippen molar-refractivity contribution < 1.29 is 0 Å². The molecular formula is C19H17BrClN. The first-order valence-corrected chi connectivity index (χ1v) is 8.80. The molecule has 0 amide bonds. The van der Waals surface area contributed by atoms with Crippen LogP contribution in [0.3, 0.4) is 0 Å². The lowest BCUT2D eigenvalue weighted by Gasteiger charge is -2.38. The van der Waals surface area contributed by atoms with Crippen molar-refractivity contribution in [2.45, 2.75) is 25.3 Å². The van der Waals surface area contributed by atoms with Crippen LogP contribution in [-0.2, 0) is 0 Å². The van der Waals surface area contributed by atoms with Crippen molar-refractivity contribution in [2.75, 3.05) is 5.32 Å². The molecule has 3 heteroatoms. The molecular weight excluding hydrogens is 358 g/mol. The molecule has 1 heterocycles. The Balaban J connectivity index is 1.84. The van der Waals surface area contributed by atoms with Crippen LogP contribution in [0.25, 0.3) is 0 Å². The van der Waals surface area contributed by atoms with E-state index in [1.54, 1.807) is 0 Å². The van der Waals surface area contributed by atoms with Gasteiger partial charge in [-0.15, -0.1) is 0 Å². The molecule has 0 unspecified atom stereocenters. The van der Waals surface area contributed by atoms with Crippen LogP contribution in [0.1, 0.15) is 35.1 Å². The monoisotopic (exact) mass is 373 g/mol. The molecule has 0 aromatic heterocycles. The minimum absolute atomic E-state index is 0.321. The SMILES string of the molecule is Cc1c(Cl)ccc2c1N[C@H](c1cccc(Br)c1)[C@H]1CC=C[C@@H]21. The largest absolute Gasteiger partial charge is 0.377 e. The summed E-state index contributed by atoms with van der Waals surface area (Å²) in [4.78, 5) is 0. The van der Waals surface area contributed by atoms with Gasteiger partial charge in [-0.25, -0.2) is 0 Å². The summed E-state index contributed by atoms with van der Waals surface area (Å²) in [5.74, 6) is 1.05. The van der Waals surface area contributed by atoms with Crippen molar-refractivity contribution >= 4 is 33.2 Å². The number of halogens is 2. The Morgan fingerprint density at radius 2 is 2.09 bits per heavy atom. The van der Waals surface area contributed by atoms with Gasteiger partial charge in [0.15, 0.2) is 0 Å². The van der Waals surface area contributed by atoms with E-state index in [-0.39, 0.29) is 0 Å². The van der Waals surface area contributed by atoms with Gasteiger partial charge in [-0.2, -0.15) is 0 Å². The van der Waals surface area contributed by atoms with Gasteiger partial charge in [0.25, 0.3) is 0 Å².